The third-order valence-electron chi connectivity index (χ3n) is 5.05. The first kappa shape index (κ1) is 19.4. The molecule has 0 aromatic heterocycles. The highest BCUT2D eigenvalue weighted by molar-refractivity contribution is 7.89. The molecule has 2 N–H and O–H groups in total. The molecule has 0 bridgehead atoms. The summed E-state index contributed by atoms with van der Waals surface area (Å²) in [5, 5.41) is 2.86. The van der Waals surface area contributed by atoms with Gasteiger partial charge in [0.1, 0.15) is 0 Å². The number of benzene rings is 3. The molecule has 0 radical (unpaired) electrons. The van der Waals surface area contributed by atoms with E-state index in [4.69, 9.17) is 0 Å². The molecule has 148 valence electrons. The molecule has 0 saturated carbocycles. The minimum absolute atomic E-state index is 0.0401. The molecular formula is C23H22N2O3S. The molecule has 0 heterocycles. The molecule has 0 aliphatic heterocycles. The predicted molar refractivity (Wildman–Crippen MR) is 114 cm³/mol. The van der Waals surface area contributed by atoms with Crippen molar-refractivity contribution in [3.05, 3.63) is 83.4 Å². The smallest absolute Gasteiger partial charge is 0.240 e. The van der Waals surface area contributed by atoms with Crippen LogP contribution in [0.1, 0.15) is 23.1 Å². The molecule has 4 rings (SSSR count). The fourth-order valence-corrected chi connectivity index (χ4v) is 4.58. The molecule has 3 aromatic carbocycles. The summed E-state index contributed by atoms with van der Waals surface area (Å²) in [5.74, 6) is -0.230. The molecule has 5 nitrogen and oxygen atoms in total. The topological polar surface area (TPSA) is 75.3 Å². The van der Waals surface area contributed by atoms with Crippen LogP contribution in [-0.4, -0.2) is 20.9 Å². The van der Waals surface area contributed by atoms with Gasteiger partial charge in [-0.3, -0.25) is 4.79 Å². The van der Waals surface area contributed by atoms with Crippen molar-refractivity contribution in [2.24, 2.45) is 0 Å². The van der Waals surface area contributed by atoms with E-state index in [1.807, 2.05) is 37.3 Å². The number of carbonyl (C=O) groups excluding carboxylic acids is 1. The van der Waals surface area contributed by atoms with E-state index < -0.39 is 10.0 Å². The predicted octanol–water partition coefficient (Wildman–Crippen LogP) is 3.87. The van der Waals surface area contributed by atoms with E-state index in [0.717, 1.165) is 17.7 Å². The van der Waals surface area contributed by atoms with Crippen LogP contribution < -0.4 is 10.0 Å². The van der Waals surface area contributed by atoms with Crippen molar-refractivity contribution in [2.75, 3.05) is 11.9 Å². The van der Waals surface area contributed by atoms with E-state index in [9.17, 15) is 13.2 Å². The SMILES string of the molecule is Cc1ccc(S(=O)(=O)NCCC(=O)Nc2ccc3c(c2)Cc2ccccc2-3)cc1. The van der Waals surface area contributed by atoms with Crippen molar-refractivity contribution in [1.29, 1.82) is 0 Å². The van der Waals surface area contributed by atoms with Crippen molar-refractivity contribution in [2.45, 2.75) is 24.7 Å². The Kier molecular flexibility index (Phi) is 5.22. The van der Waals surface area contributed by atoms with Crippen LogP contribution in [-0.2, 0) is 21.2 Å². The second-order valence-corrected chi connectivity index (χ2v) is 8.98. The van der Waals surface area contributed by atoms with Crippen LogP contribution in [0, 0.1) is 6.92 Å². The van der Waals surface area contributed by atoms with Crippen molar-refractivity contribution in [3.8, 4) is 11.1 Å². The summed E-state index contributed by atoms with van der Waals surface area (Å²) in [6.07, 6.45) is 0.911. The van der Waals surface area contributed by atoms with E-state index in [2.05, 4.69) is 22.2 Å². The minimum atomic E-state index is -3.61. The van der Waals surface area contributed by atoms with Gasteiger partial charge in [0.2, 0.25) is 15.9 Å². The Morgan fingerprint density at radius 3 is 2.45 bits per heavy atom. The number of hydrogen-bond acceptors (Lipinski definition) is 3. The largest absolute Gasteiger partial charge is 0.326 e. The number of sulfonamides is 1. The fourth-order valence-electron chi connectivity index (χ4n) is 3.55. The van der Waals surface area contributed by atoms with Crippen LogP contribution in [0.25, 0.3) is 11.1 Å². The zero-order valence-electron chi connectivity index (χ0n) is 16.1. The van der Waals surface area contributed by atoms with Gasteiger partial charge in [-0.2, -0.15) is 0 Å². The van der Waals surface area contributed by atoms with Gasteiger partial charge in [-0.25, -0.2) is 13.1 Å². The van der Waals surface area contributed by atoms with Crippen molar-refractivity contribution >= 4 is 21.6 Å². The summed E-state index contributed by atoms with van der Waals surface area (Å²) in [4.78, 5) is 12.4. The summed E-state index contributed by atoms with van der Waals surface area (Å²) in [5.41, 5.74) is 6.62. The Bertz CT molecular complexity index is 1170. The minimum Gasteiger partial charge on any atom is -0.326 e. The molecular weight excluding hydrogens is 384 g/mol. The Balaban J connectivity index is 1.34. The van der Waals surface area contributed by atoms with Crippen LogP contribution in [0.2, 0.25) is 0 Å². The van der Waals surface area contributed by atoms with Gasteiger partial charge in [0, 0.05) is 18.7 Å². The number of carbonyl (C=O) groups is 1. The average Bonchev–Trinajstić information content (AvgIpc) is 3.06. The third-order valence-corrected chi connectivity index (χ3v) is 6.53. The maximum Gasteiger partial charge on any atom is 0.240 e. The second kappa shape index (κ2) is 7.81. The van der Waals surface area contributed by atoms with E-state index >= 15 is 0 Å². The monoisotopic (exact) mass is 406 g/mol. The Hall–Kier alpha value is -2.96. The first-order valence-corrected chi connectivity index (χ1v) is 11.0. The normalized spacial score (nSPS) is 12.3. The summed E-state index contributed by atoms with van der Waals surface area (Å²) < 4.78 is 27.0. The van der Waals surface area contributed by atoms with Gasteiger partial charge < -0.3 is 5.32 Å². The molecule has 1 aliphatic rings. The number of rotatable bonds is 6. The van der Waals surface area contributed by atoms with Gasteiger partial charge in [-0.05, 0) is 59.9 Å². The molecule has 6 heteroatoms. The summed E-state index contributed by atoms with van der Waals surface area (Å²) in [6.45, 7) is 1.93. The van der Waals surface area contributed by atoms with Crippen LogP contribution in [0.15, 0.2) is 71.6 Å². The number of nitrogens with one attached hydrogen (secondary N) is 2. The van der Waals surface area contributed by atoms with E-state index in [-0.39, 0.29) is 23.8 Å². The highest BCUT2D eigenvalue weighted by Crippen LogP contribution is 2.37. The van der Waals surface area contributed by atoms with Gasteiger partial charge >= 0.3 is 0 Å². The molecule has 0 fully saturated rings. The summed E-state index contributed by atoms with van der Waals surface area (Å²) in [7, 11) is -3.61. The molecule has 0 saturated heterocycles. The summed E-state index contributed by atoms with van der Waals surface area (Å²) >= 11 is 0. The van der Waals surface area contributed by atoms with E-state index in [1.54, 1.807) is 24.3 Å². The molecule has 0 spiro atoms. The van der Waals surface area contributed by atoms with Crippen LogP contribution in [0.3, 0.4) is 0 Å². The number of amides is 1. The van der Waals surface area contributed by atoms with E-state index in [1.165, 1.54) is 22.3 Å². The quantitative estimate of drug-likeness (QED) is 0.510. The van der Waals surface area contributed by atoms with Crippen LogP contribution in [0.5, 0.6) is 0 Å². The highest BCUT2D eigenvalue weighted by atomic mass is 32.2. The maximum absolute atomic E-state index is 12.3. The lowest BCUT2D eigenvalue weighted by molar-refractivity contribution is -0.116. The van der Waals surface area contributed by atoms with Gasteiger partial charge in [0.05, 0.1) is 4.90 Å². The van der Waals surface area contributed by atoms with Gasteiger partial charge in [-0.15, -0.1) is 0 Å². The molecule has 1 aliphatic carbocycles. The number of aryl methyl sites for hydroxylation is 1. The van der Waals surface area contributed by atoms with Crippen LogP contribution >= 0.6 is 0 Å². The fraction of sp³-hybridized carbons (Fsp3) is 0.174. The zero-order valence-corrected chi connectivity index (χ0v) is 16.9. The number of anilines is 1. The standard InChI is InChI=1S/C23H22N2O3S/c1-16-6-9-20(10-7-16)29(27,28)24-13-12-23(26)25-19-8-11-22-18(15-19)14-17-4-2-3-5-21(17)22/h2-11,15,24H,12-14H2,1H3,(H,25,26). The zero-order chi connectivity index (χ0) is 20.4. The lowest BCUT2D eigenvalue weighted by Crippen LogP contribution is -2.27. The lowest BCUT2D eigenvalue weighted by atomic mass is 10.1. The van der Waals surface area contributed by atoms with Gasteiger partial charge in [0.15, 0.2) is 0 Å². The third kappa shape index (κ3) is 4.23. The summed E-state index contributed by atoms with van der Waals surface area (Å²) in [6, 6.07) is 20.8. The van der Waals surface area contributed by atoms with Crippen molar-refractivity contribution in [1.82, 2.24) is 4.72 Å². The van der Waals surface area contributed by atoms with Gasteiger partial charge in [-0.1, -0.05) is 48.0 Å². The first-order chi connectivity index (χ1) is 13.9. The Labute approximate surface area is 170 Å². The lowest BCUT2D eigenvalue weighted by Gasteiger charge is -2.09. The molecule has 3 aromatic rings. The molecule has 29 heavy (non-hydrogen) atoms. The Morgan fingerprint density at radius 2 is 1.66 bits per heavy atom. The Morgan fingerprint density at radius 1 is 0.931 bits per heavy atom. The first-order valence-electron chi connectivity index (χ1n) is 9.50. The van der Waals surface area contributed by atoms with E-state index in [0.29, 0.717) is 0 Å². The van der Waals surface area contributed by atoms with Gasteiger partial charge in [0.25, 0.3) is 0 Å². The molecule has 0 atom stereocenters. The highest BCUT2D eigenvalue weighted by Gasteiger charge is 2.18. The number of fused-ring (bicyclic) bond motifs is 3. The number of hydrogen-bond donors (Lipinski definition) is 2. The maximum atomic E-state index is 12.3. The molecule has 0 unspecified atom stereocenters. The second-order valence-electron chi connectivity index (χ2n) is 7.21. The molecule has 1 amide bonds. The van der Waals surface area contributed by atoms with Crippen molar-refractivity contribution in [3.63, 3.8) is 0 Å². The average molecular weight is 407 g/mol. The van der Waals surface area contributed by atoms with Crippen molar-refractivity contribution < 1.29 is 13.2 Å². The van der Waals surface area contributed by atoms with Crippen LogP contribution in [0.4, 0.5) is 5.69 Å².